The Hall–Kier alpha value is -2.05. The number of rotatable bonds is 8. The number of amides is 2. The van der Waals surface area contributed by atoms with Crippen LogP contribution in [-0.4, -0.2) is 54.0 Å². The Kier molecular flexibility index (Phi) is 8.89. The van der Waals surface area contributed by atoms with Gasteiger partial charge in [-0.1, -0.05) is 0 Å². The van der Waals surface area contributed by atoms with Gasteiger partial charge in [0.1, 0.15) is 17.7 Å². The lowest BCUT2D eigenvalue weighted by Crippen LogP contribution is -2.42. The predicted octanol–water partition coefficient (Wildman–Crippen LogP) is -0.168. The molecule has 8 nitrogen and oxygen atoms in total. The van der Waals surface area contributed by atoms with Gasteiger partial charge in [-0.15, -0.1) is 0 Å². The molecule has 9 heteroatoms. The van der Waals surface area contributed by atoms with Crippen LogP contribution in [0.25, 0.3) is 0 Å². The van der Waals surface area contributed by atoms with Crippen molar-refractivity contribution in [1.29, 1.82) is 5.26 Å². The van der Waals surface area contributed by atoms with Crippen molar-refractivity contribution in [3.63, 3.8) is 0 Å². The molecule has 0 aromatic rings. The van der Waals surface area contributed by atoms with Gasteiger partial charge in [0.15, 0.2) is 0 Å². The van der Waals surface area contributed by atoms with Crippen molar-refractivity contribution >= 4 is 29.5 Å². The Bertz CT molecular complexity index is 538. The van der Waals surface area contributed by atoms with Crippen LogP contribution in [0.4, 0.5) is 0 Å². The van der Waals surface area contributed by atoms with Crippen LogP contribution in [0.1, 0.15) is 19.3 Å². The van der Waals surface area contributed by atoms with E-state index in [-0.39, 0.29) is 23.8 Å². The number of carbonyl (C=O) groups is 3. The van der Waals surface area contributed by atoms with Gasteiger partial charge in [0.2, 0.25) is 5.91 Å². The van der Waals surface area contributed by atoms with Crippen molar-refractivity contribution in [2.24, 2.45) is 5.92 Å². The smallest absolute Gasteiger partial charge is 0.326 e. The summed E-state index contributed by atoms with van der Waals surface area (Å²) in [6.07, 6.45) is 4.53. The van der Waals surface area contributed by atoms with Crippen LogP contribution in [0.5, 0.6) is 0 Å². The van der Waals surface area contributed by atoms with Gasteiger partial charge in [-0.3, -0.25) is 9.59 Å². The molecule has 1 fully saturated rings. The minimum absolute atomic E-state index is 0.154. The van der Waals surface area contributed by atoms with Gasteiger partial charge in [-0.05, 0) is 44.4 Å². The zero-order chi connectivity index (χ0) is 17.9. The number of nitrogens with zero attached hydrogens (tertiary/aromatic N) is 1. The molecule has 2 amide bonds. The average molecular weight is 354 g/mol. The molecule has 1 unspecified atom stereocenters. The first-order chi connectivity index (χ1) is 11.5. The molecule has 1 atom stereocenters. The summed E-state index contributed by atoms with van der Waals surface area (Å²) in [5.41, 5.74) is -0.326. The number of nitriles is 1. The molecule has 132 valence electrons. The summed E-state index contributed by atoms with van der Waals surface area (Å²) in [7, 11) is 0. The summed E-state index contributed by atoms with van der Waals surface area (Å²) in [6.45, 7) is 1.51. The molecule has 0 saturated carbocycles. The topological polar surface area (TPSA) is 131 Å². The molecule has 1 aliphatic rings. The van der Waals surface area contributed by atoms with Gasteiger partial charge in [0.25, 0.3) is 5.91 Å². The molecule has 1 saturated heterocycles. The maximum Gasteiger partial charge on any atom is 0.326 e. The van der Waals surface area contributed by atoms with Crippen molar-refractivity contribution in [1.82, 2.24) is 16.0 Å². The number of hydrogen-bond donors (Lipinski definition) is 4. The Morgan fingerprint density at radius 2 is 2.08 bits per heavy atom. The van der Waals surface area contributed by atoms with Gasteiger partial charge in [0, 0.05) is 12.1 Å². The highest BCUT2D eigenvalue weighted by Gasteiger charge is 2.23. The third kappa shape index (κ3) is 6.60. The third-order valence-corrected chi connectivity index (χ3v) is 4.29. The van der Waals surface area contributed by atoms with E-state index in [1.165, 1.54) is 11.8 Å². The lowest BCUT2D eigenvalue weighted by molar-refractivity contribution is -0.141. The van der Waals surface area contributed by atoms with Crippen molar-refractivity contribution in [2.75, 3.05) is 25.1 Å². The normalized spacial score (nSPS) is 16.8. The first-order valence-electron chi connectivity index (χ1n) is 7.63. The fraction of sp³-hybridized carbons (Fsp3) is 0.600. The summed E-state index contributed by atoms with van der Waals surface area (Å²) >= 11 is 1.46. The predicted molar refractivity (Wildman–Crippen MR) is 90.0 cm³/mol. The highest BCUT2D eigenvalue weighted by atomic mass is 32.2. The third-order valence-electron chi connectivity index (χ3n) is 3.65. The molecule has 24 heavy (non-hydrogen) atoms. The first-order valence-corrected chi connectivity index (χ1v) is 9.03. The van der Waals surface area contributed by atoms with Gasteiger partial charge in [-0.2, -0.15) is 17.0 Å². The molecule has 0 aromatic carbocycles. The van der Waals surface area contributed by atoms with E-state index in [4.69, 9.17) is 10.4 Å². The summed E-state index contributed by atoms with van der Waals surface area (Å²) in [6, 6.07) is 0.617. The molecule has 4 N–H and O–H groups in total. The SMILES string of the molecule is CSCCC(NC(=O)/C(C#N)=C\NC(=O)C1CCNCC1)C(=O)O. The molecule has 0 radical (unpaired) electrons. The average Bonchev–Trinajstić information content (AvgIpc) is 2.59. The maximum atomic E-state index is 12.0. The van der Waals surface area contributed by atoms with Crippen LogP contribution < -0.4 is 16.0 Å². The molecule has 0 bridgehead atoms. The van der Waals surface area contributed by atoms with Crippen LogP contribution in [0.2, 0.25) is 0 Å². The van der Waals surface area contributed by atoms with E-state index in [1.54, 1.807) is 6.07 Å². The van der Waals surface area contributed by atoms with Crippen molar-refractivity contribution in [3.8, 4) is 6.07 Å². The number of piperidine rings is 1. The van der Waals surface area contributed by atoms with Gasteiger partial charge in [0.05, 0.1) is 0 Å². The van der Waals surface area contributed by atoms with E-state index in [9.17, 15) is 14.4 Å². The molecule has 1 rings (SSSR count). The monoisotopic (exact) mass is 354 g/mol. The fourth-order valence-electron chi connectivity index (χ4n) is 2.22. The van der Waals surface area contributed by atoms with Gasteiger partial charge < -0.3 is 21.1 Å². The van der Waals surface area contributed by atoms with Crippen LogP contribution in [-0.2, 0) is 14.4 Å². The van der Waals surface area contributed by atoms with E-state index in [0.29, 0.717) is 18.6 Å². The van der Waals surface area contributed by atoms with Gasteiger partial charge >= 0.3 is 5.97 Å². The lowest BCUT2D eigenvalue weighted by atomic mass is 9.97. The Morgan fingerprint density at radius 1 is 1.42 bits per heavy atom. The van der Waals surface area contributed by atoms with Crippen LogP contribution in [0.3, 0.4) is 0 Å². The Labute approximate surface area is 145 Å². The molecule has 0 aliphatic carbocycles. The second-order valence-electron chi connectivity index (χ2n) is 5.35. The minimum Gasteiger partial charge on any atom is -0.480 e. The maximum absolute atomic E-state index is 12.0. The zero-order valence-electron chi connectivity index (χ0n) is 13.5. The number of thioether (sulfide) groups is 1. The number of carboxylic acids is 1. The number of hydrogen-bond acceptors (Lipinski definition) is 6. The van der Waals surface area contributed by atoms with E-state index < -0.39 is 17.9 Å². The van der Waals surface area contributed by atoms with Gasteiger partial charge in [-0.25, -0.2) is 4.79 Å². The summed E-state index contributed by atoms with van der Waals surface area (Å²) in [4.78, 5) is 35.1. The molecule has 0 spiro atoms. The molecular formula is C15H22N4O4S. The lowest BCUT2D eigenvalue weighted by Gasteiger charge is -2.20. The Morgan fingerprint density at radius 3 is 2.62 bits per heavy atom. The first kappa shape index (κ1) is 20.0. The fourth-order valence-corrected chi connectivity index (χ4v) is 2.69. The van der Waals surface area contributed by atoms with Crippen LogP contribution >= 0.6 is 11.8 Å². The van der Waals surface area contributed by atoms with Crippen LogP contribution in [0.15, 0.2) is 11.8 Å². The van der Waals surface area contributed by atoms with Crippen LogP contribution in [0, 0.1) is 17.2 Å². The van der Waals surface area contributed by atoms with Crippen molar-refractivity contribution in [2.45, 2.75) is 25.3 Å². The zero-order valence-corrected chi connectivity index (χ0v) is 14.3. The second-order valence-corrected chi connectivity index (χ2v) is 6.33. The largest absolute Gasteiger partial charge is 0.480 e. The van der Waals surface area contributed by atoms with E-state index >= 15 is 0 Å². The van der Waals surface area contributed by atoms with E-state index in [0.717, 1.165) is 19.3 Å². The highest BCUT2D eigenvalue weighted by molar-refractivity contribution is 7.98. The quantitative estimate of drug-likeness (QED) is 0.351. The number of carbonyl (C=O) groups excluding carboxylic acids is 2. The summed E-state index contributed by atoms with van der Waals surface area (Å²) in [5.74, 6) is -1.80. The summed E-state index contributed by atoms with van der Waals surface area (Å²) < 4.78 is 0. The second kappa shape index (κ2) is 10.7. The molecule has 1 heterocycles. The molecular weight excluding hydrogens is 332 g/mol. The summed E-state index contributed by atoms with van der Waals surface area (Å²) in [5, 5.41) is 26.1. The number of nitrogens with one attached hydrogen (secondary N) is 3. The van der Waals surface area contributed by atoms with E-state index in [2.05, 4.69) is 16.0 Å². The number of carboxylic acid groups (broad SMARTS) is 1. The molecule has 0 aromatic heterocycles. The highest BCUT2D eigenvalue weighted by Crippen LogP contribution is 2.11. The van der Waals surface area contributed by atoms with Crippen molar-refractivity contribution < 1.29 is 19.5 Å². The molecule has 1 aliphatic heterocycles. The standard InChI is InChI=1S/C15H22N4O4S/c1-24-7-4-12(15(22)23)19-14(21)11(8-16)9-18-13(20)10-2-5-17-6-3-10/h9-10,12,17H,2-7H2,1H3,(H,18,20)(H,19,21)(H,22,23)/b11-9-. The minimum atomic E-state index is -1.16. The van der Waals surface area contributed by atoms with E-state index in [1.807, 2.05) is 6.26 Å². The Balaban J connectivity index is 2.62. The number of aliphatic carboxylic acids is 1. The van der Waals surface area contributed by atoms with Crippen molar-refractivity contribution in [3.05, 3.63) is 11.8 Å².